The summed E-state index contributed by atoms with van der Waals surface area (Å²) in [5, 5.41) is 9.96. The van der Waals surface area contributed by atoms with Crippen molar-refractivity contribution in [3.05, 3.63) is 71.0 Å². The molecule has 28 heavy (non-hydrogen) atoms. The van der Waals surface area contributed by atoms with E-state index in [0.717, 1.165) is 29.4 Å². The Morgan fingerprint density at radius 2 is 1.57 bits per heavy atom. The van der Waals surface area contributed by atoms with E-state index < -0.39 is 12.7 Å². The van der Waals surface area contributed by atoms with Crippen molar-refractivity contribution in [2.45, 2.75) is 65.4 Å². The van der Waals surface area contributed by atoms with Gasteiger partial charge >= 0.3 is 7.12 Å². The van der Waals surface area contributed by atoms with Crippen molar-refractivity contribution in [2.75, 3.05) is 0 Å². The van der Waals surface area contributed by atoms with E-state index in [1.54, 1.807) is 6.07 Å². The molecule has 0 saturated carbocycles. The standard InChI is InChI=1S/C24H31BO3/c1-8-24(9-2,20-11-13-22(26)17(4)15-20)19-10-12-21(16(3)14-19)25-27-18(5)23(6,7)28-25/h10-15,26H,5,8-9H2,1-4,6-7H3. The van der Waals surface area contributed by atoms with Gasteiger partial charge in [-0.2, -0.15) is 0 Å². The number of aromatic hydroxyl groups is 1. The van der Waals surface area contributed by atoms with Gasteiger partial charge < -0.3 is 14.4 Å². The molecule has 1 aliphatic heterocycles. The van der Waals surface area contributed by atoms with E-state index in [-0.39, 0.29) is 5.41 Å². The molecule has 2 aromatic carbocycles. The van der Waals surface area contributed by atoms with Crippen molar-refractivity contribution in [2.24, 2.45) is 0 Å². The summed E-state index contributed by atoms with van der Waals surface area (Å²) in [4.78, 5) is 0. The Morgan fingerprint density at radius 1 is 1.00 bits per heavy atom. The molecule has 0 bridgehead atoms. The van der Waals surface area contributed by atoms with Crippen LogP contribution in [-0.4, -0.2) is 17.8 Å². The van der Waals surface area contributed by atoms with Gasteiger partial charge in [-0.1, -0.05) is 50.8 Å². The topological polar surface area (TPSA) is 38.7 Å². The molecular weight excluding hydrogens is 347 g/mol. The number of aryl methyl sites for hydroxylation is 2. The number of hydrogen-bond acceptors (Lipinski definition) is 3. The molecule has 0 amide bonds. The van der Waals surface area contributed by atoms with Crippen LogP contribution in [0.5, 0.6) is 5.75 Å². The molecule has 3 rings (SSSR count). The molecule has 0 unspecified atom stereocenters. The van der Waals surface area contributed by atoms with Crippen LogP contribution in [0.1, 0.15) is 62.8 Å². The molecule has 0 radical (unpaired) electrons. The Labute approximate surface area is 169 Å². The zero-order valence-corrected chi connectivity index (χ0v) is 17.9. The van der Waals surface area contributed by atoms with Crippen molar-refractivity contribution >= 4 is 12.6 Å². The smallest absolute Gasteiger partial charge is 0.534 e. The summed E-state index contributed by atoms with van der Waals surface area (Å²) in [5.74, 6) is 1.01. The minimum Gasteiger partial charge on any atom is -0.534 e. The summed E-state index contributed by atoms with van der Waals surface area (Å²) < 4.78 is 12.0. The van der Waals surface area contributed by atoms with E-state index >= 15 is 0 Å². The monoisotopic (exact) mass is 378 g/mol. The first-order chi connectivity index (χ1) is 13.1. The molecule has 1 N–H and O–H groups in total. The van der Waals surface area contributed by atoms with E-state index in [1.165, 1.54) is 11.1 Å². The minimum absolute atomic E-state index is 0.0952. The summed E-state index contributed by atoms with van der Waals surface area (Å²) >= 11 is 0. The number of phenols is 1. The Hall–Kier alpha value is -2.20. The van der Waals surface area contributed by atoms with Crippen molar-refractivity contribution < 1.29 is 14.4 Å². The van der Waals surface area contributed by atoms with E-state index in [4.69, 9.17) is 9.31 Å². The summed E-state index contributed by atoms with van der Waals surface area (Å²) in [6, 6.07) is 12.5. The van der Waals surface area contributed by atoms with E-state index in [9.17, 15) is 5.11 Å². The molecule has 0 aliphatic carbocycles. The summed E-state index contributed by atoms with van der Waals surface area (Å²) in [6.45, 7) is 16.5. The second kappa shape index (κ2) is 7.33. The maximum absolute atomic E-state index is 9.96. The van der Waals surface area contributed by atoms with Crippen LogP contribution in [0, 0.1) is 13.8 Å². The molecule has 3 nitrogen and oxygen atoms in total. The van der Waals surface area contributed by atoms with Gasteiger partial charge in [0.25, 0.3) is 0 Å². The largest absolute Gasteiger partial charge is 0.563 e. The third kappa shape index (κ3) is 3.35. The second-order valence-corrected chi connectivity index (χ2v) is 8.36. The van der Waals surface area contributed by atoms with Crippen LogP contribution in [0.4, 0.5) is 0 Å². The SMILES string of the molecule is C=C1OB(c2ccc(C(CC)(CC)c3ccc(O)c(C)c3)cc2C)OC1(C)C. The number of hydrogen-bond donors (Lipinski definition) is 1. The summed E-state index contributed by atoms with van der Waals surface area (Å²) in [6.07, 6.45) is 1.96. The molecule has 1 fully saturated rings. The maximum Gasteiger partial charge on any atom is 0.563 e. The molecule has 2 aromatic rings. The van der Waals surface area contributed by atoms with Gasteiger partial charge in [-0.3, -0.25) is 0 Å². The molecule has 0 atom stereocenters. The van der Waals surface area contributed by atoms with Crippen LogP contribution in [0.2, 0.25) is 0 Å². The van der Waals surface area contributed by atoms with Crippen LogP contribution >= 0.6 is 0 Å². The maximum atomic E-state index is 9.96. The zero-order chi connectivity index (χ0) is 20.7. The van der Waals surface area contributed by atoms with Gasteiger partial charge in [-0.25, -0.2) is 0 Å². The van der Waals surface area contributed by atoms with Crippen LogP contribution in [0.25, 0.3) is 0 Å². The summed E-state index contributed by atoms with van der Waals surface area (Å²) in [5.41, 5.74) is 5.04. The molecule has 1 aliphatic rings. The molecule has 0 aromatic heterocycles. The van der Waals surface area contributed by atoms with Crippen molar-refractivity contribution in [1.82, 2.24) is 0 Å². The minimum atomic E-state index is -0.476. The van der Waals surface area contributed by atoms with Crippen LogP contribution < -0.4 is 5.46 Å². The predicted octanol–water partition coefficient (Wildman–Crippen LogP) is 5.15. The molecule has 0 spiro atoms. The first-order valence-corrected chi connectivity index (χ1v) is 10.1. The van der Waals surface area contributed by atoms with Crippen molar-refractivity contribution in [1.29, 1.82) is 0 Å². The van der Waals surface area contributed by atoms with E-state index in [1.807, 2.05) is 26.8 Å². The first-order valence-electron chi connectivity index (χ1n) is 10.1. The van der Waals surface area contributed by atoms with Crippen LogP contribution in [0.15, 0.2) is 48.7 Å². The second-order valence-electron chi connectivity index (χ2n) is 8.36. The van der Waals surface area contributed by atoms with Gasteiger partial charge in [0.05, 0.1) is 5.76 Å². The van der Waals surface area contributed by atoms with Gasteiger partial charge in [0.2, 0.25) is 0 Å². The highest BCUT2D eigenvalue weighted by Crippen LogP contribution is 2.40. The fourth-order valence-corrected chi connectivity index (χ4v) is 4.18. The van der Waals surface area contributed by atoms with Gasteiger partial charge in [0.1, 0.15) is 11.4 Å². The lowest BCUT2D eigenvalue weighted by Gasteiger charge is -2.34. The molecule has 1 heterocycles. The van der Waals surface area contributed by atoms with Gasteiger partial charge in [-0.05, 0) is 74.3 Å². The Morgan fingerprint density at radius 3 is 2.04 bits per heavy atom. The van der Waals surface area contributed by atoms with Gasteiger partial charge in [0.15, 0.2) is 0 Å². The highest BCUT2D eigenvalue weighted by molar-refractivity contribution is 6.62. The van der Waals surface area contributed by atoms with Crippen molar-refractivity contribution in [3.63, 3.8) is 0 Å². The average molecular weight is 378 g/mol. The number of benzene rings is 2. The Kier molecular flexibility index (Phi) is 5.37. The normalized spacial score (nSPS) is 16.4. The lowest BCUT2D eigenvalue weighted by molar-refractivity contribution is 0.173. The van der Waals surface area contributed by atoms with E-state index in [0.29, 0.717) is 11.5 Å². The number of rotatable bonds is 5. The Balaban J connectivity index is 2.02. The van der Waals surface area contributed by atoms with Crippen LogP contribution in [0.3, 0.4) is 0 Å². The number of phenolic OH excluding ortho intramolecular Hbond substituents is 1. The fraction of sp³-hybridized carbons (Fsp3) is 0.417. The third-order valence-corrected chi connectivity index (χ3v) is 6.36. The first kappa shape index (κ1) is 20.5. The quantitative estimate of drug-likeness (QED) is 0.732. The Bertz CT molecular complexity index is 897. The van der Waals surface area contributed by atoms with Crippen LogP contribution in [-0.2, 0) is 14.7 Å². The fourth-order valence-electron chi connectivity index (χ4n) is 4.18. The molecule has 1 saturated heterocycles. The molecular formula is C24H31BO3. The zero-order valence-electron chi connectivity index (χ0n) is 17.9. The average Bonchev–Trinajstić information content (AvgIpc) is 2.92. The third-order valence-electron chi connectivity index (χ3n) is 6.36. The highest BCUT2D eigenvalue weighted by atomic mass is 16.7. The van der Waals surface area contributed by atoms with Gasteiger partial charge in [-0.15, -0.1) is 0 Å². The lowest BCUT2D eigenvalue weighted by Crippen LogP contribution is -2.37. The highest BCUT2D eigenvalue weighted by Gasteiger charge is 2.43. The summed E-state index contributed by atoms with van der Waals surface area (Å²) in [7, 11) is -0.412. The van der Waals surface area contributed by atoms with Crippen molar-refractivity contribution in [3.8, 4) is 5.75 Å². The predicted molar refractivity (Wildman–Crippen MR) is 116 cm³/mol. The van der Waals surface area contributed by atoms with Gasteiger partial charge in [0, 0.05) is 5.41 Å². The molecule has 4 heteroatoms. The molecule has 148 valence electrons. The lowest BCUT2D eigenvalue weighted by atomic mass is 9.68. The van der Waals surface area contributed by atoms with E-state index in [2.05, 4.69) is 51.6 Å².